The molecule has 1 aliphatic rings. The van der Waals surface area contributed by atoms with Crippen molar-refractivity contribution in [1.29, 1.82) is 0 Å². The number of hydrogen-bond donors (Lipinski definition) is 1. The molecule has 31 heavy (non-hydrogen) atoms. The lowest BCUT2D eigenvalue weighted by Crippen LogP contribution is -2.32. The number of amides is 2. The number of benzene rings is 2. The fourth-order valence-corrected chi connectivity index (χ4v) is 3.51. The molecule has 0 radical (unpaired) electrons. The van der Waals surface area contributed by atoms with Gasteiger partial charge in [-0.25, -0.2) is 0 Å². The Hall–Kier alpha value is -3.07. The van der Waals surface area contributed by atoms with E-state index in [2.05, 4.69) is 10.1 Å². The first-order valence-corrected chi connectivity index (χ1v) is 9.73. The summed E-state index contributed by atoms with van der Waals surface area (Å²) < 4.78 is 39.9. The van der Waals surface area contributed by atoms with Crippen LogP contribution >= 0.6 is 11.6 Å². The SMILES string of the molecule is COc1ccc(CNC(=O)C2CC(=O)N(c3cc(Cl)ccc3OC)C2)cc1OC(F)F. The molecule has 1 N–H and O–H groups in total. The smallest absolute Gasteiger partial charge is 0.387 e. The van der Waals surface area contributed by atoms with E-state index in [0.29, 0.717) is 22.0 Å². The van der Waals surface area contributed by atoms with Gasteiger partial charge in [0.15, 0.2) is 11.5 Å². The van der Waals surface area contributed by atoms with Crippen LogP contribution in [0.4, 0.5) is 14.5 Å². The Morgan fingerprint density at radius 1 is 1.16 bits per heavy atom. The molecule has 0 spiro atoms. The normalized spacial score (nSPS) is 15.9. The summed E-state index contributed by atoms with van der Waals surface area (Å²) in [6.07, 6.45) is 0.0316. The van der Waals surface area contributed by atoms with Crippen molar-refractivity contribution in [3.05, 3.63) is 47.0 Å². The average Bonchev–Trinajstić information content (AvgIpc) is 3.13. The maximum Gasteiger partial charge on any atom is 0.387 e. The minimum atomic E-state index is -3.00. The van der Waals surface area contributed by atoms with E-state index in [0.717, 1.165) is 0 Å². The Kier molecular flexibility index (Phi) is 7.17. The molecule has 1 unspecified atom stereocenters. The monoisotopic (exact) mass is 454 g/mol. The molecule has 1 aliphatic heterocycles. The van der Waals surface area contributed by atoms with Crippen LogP contribution in [0.25, 0.3) is 0 Å². The molecule has 0 bridgehead atoms. The zero-order valence-corrected chi connectivity index (χ0v) is 17.6. The van der Waals surface area contributed by atoms with Crippen molar-refractivity contribution in [2.24, 2.45) is 5.92 Å². The topological polar surface area (TPSA) is 77.1 Å². The Morgan fingerprint density at radius 2 is 1.87 bits per heavy atom. The van der Waals surface area contributed by atoms with E-state index in [1.54, 1.807) is 24.3 Å². The lowest BCUT2D eigenvalue weighted by atomic mass is 10.1. The molecule has 0 aromatic heterocycles. The van der Waals surface area contributed by atoms with Gasteiger partial charge < -0.3 is 24.4 Å². The van der Waals surface area contributed by atoms with E-state index in [9.17, 15) is 18.4 Å². The van der Waals surface area contributed by atoms with Gasteiger partial charge in [-0.05, 0) is 35.9 Å². The van der Waals surface area contributed by atoms with Crippen LogP contribution in [0.5, 0.6) is 17.2 Å². The number of ether oxygens (including phenoxy) is 3. The van der Waals surface area contributed by atoms with Crippen molar-refractivity contribution in [2.45, 2.75) is 19.6 Å². The lowest BCUT2D eigenvalue weighted by molar-refractivity contribution is -0.126. The Bertz CT molecular complexity index is 973. The summed E-state index contributed by atoms with van der Waals surface area (Å²) in [6.45, 7) is -2.75. The number of rotatable bonds is 8. The number of halogens is 3. The van der Waals surface area contributed by atoms with Crippen LogP contribution in [0, 0.1) is 5.92 Å². The maximum atomic E-state index is 12.6. The van der Waals surface area contributed by atoms with E-state index >= 15 is 0 Å². The summed E-state index contributed by atoms with van der Waals surface area (Å²) in [5, 5.41) is 3.17. The second-order valence-corrected chi connectivity index (χ2v) is 7.24. The molecule has 1 atom stereocenters. The molecule has 2 aromatic rings. The van der Waals surface area contributed by atoms with Crippen LogP contribution in [-0.4, -0.2) is 39.2 Å². The predicted molar refractivity (Wildman–Crippen MR) is 110 cm³/mol. The number of alkyl halides is 2. The summed E-state index contributed by atoms with van der Waals surface area (Å²) in [5.74, 6) is -0.626. The van der Waals surface area contributed by atoms with Gasteiger partial charge in [0.25, 0.3) is 0 Å². The molecular weight excluding hydrogens is 434 g/mol. The number of hydrogen-bond acceptors (Lipinski definition) is 5. The number of nitrogens with one attached hydrogen (secondary N) is 1. The first kappa shape index (κ1) is 22.6. The van der Waals surface area contributed by atoms with Crippen LogP contribution in [0.15, 0.2) is 36.4 Å². The predicted octanol–water partition coefficient (Wildman–Crippen LogP) is 3.63. The standard InChI is InChI=1S/C21H21ClF2N2O5/c1-29-16-6-4-14(22)9-15(16)26-11-13(8-19(26)27)20(28)25-10-12-3-5-17(30-2)18(7-12)31-21(23)24/h3-7,9,13,21H,8,10-11H2,1-2H3,(H,25,28). The van der Waals surface area contributed by atoms with Gasteiger partial charge in [0.1, 0.15) is 5.75 Å². The molecule has 0 saturated carbocycles. The van der Waals surface area contributed by atoms with Gasteiger partial charge >= 0.3 is 6.61 Å². The second-order valence-electron chi connectivity index (χ2n) is 6.80. The third-order valence-corrected chi connectivity index (χ3v) is 5.07. The highest BCUT2D eigenvalue weighted by Crippen LogP contribution is 2.35. The van der Waals surface area contributed by atoms with Crippen molar-refractivity contribution in [1.82, 2.24) is 5.32 Å². The van der Waals surface area contributed by atoms with E-state index in [1.165, 1.54) is 31.3 Å². The average molecular weight is 455 g/mol. The Labute approximate surface area is 182 Å². The first-order valence-electron chi connectivity index (χ1n) is 9.35. The zero-order chi connectivity index (χ0) is 22.5. The highest BCUT2D eigenvalue weighted by Gasteiger charge is 2.36. The maximum absolute atomic E-state index is 12.6. The van der Waals surface area contributed by atoms with Crippen molar-refractivity contribution in [3.8, 4) is 17.2 Å². The largest absolute Gasteiger partial charge is 0.495 e. The number of methoxy groups -OCH3 is 2. The van der Waals surface area contributed by atoms with Crippen molar-refractivity contribution >= 4 is 29.1 Å². The van der Waals surface area contributed by atoms with Gasteiger partial charge in [-0.2, -0.15) is 8.78 Å². The molecule has 3 rings (SSSR count). The van der Waals surface area contributed by atoms with E-state index in [1.807, 2.05) is 0 Å². The molecule has 1 saturated heterocycles. The third-order valence-electron chi connectivity index (χ3n) is 4.84. The summed E-state index contributed by atoms with van der Waals surface area (Å²) in [7, 11) is 2.82. The minimum absolute atomic E-state index is 0.0316. The van der Waals surface area contributed by atoms with Crippen molar-refractivity contribution < 1.29 is 32.6 Å². The molecular formula is C21H21ClF2N2O5. The molecule has 166 valence electrons. The third kappa shape index (κ3) is 5.35. The molecule has 2 amide bonds. The van der Waals surface area contributed by atoms with Gasteiger partial charge in [0, 0.05) is 24.5 Å². The summed E-state index contributed by atoms with van der Waals surface area (Å²) in [5.41, 5.74) is 1.04. The van der Waals surface area contributed by atoms with Crippen LogP contribution < -0.4 is 24.4 Å². The zero-order valence-electron chi connectivity index (χ0n) is 16.9. The van der Waals surface area contributed by atoms with Gasteiger partial charge in [0.2, 0.25) is 11.8 Å². The molecule has 7 nitrogen and oxygen atoms in total. The highest BCUT2D eigenvalue weighted by atomic mass is 35.5. The number of carbonyl (C=O) groups excluding carboxylic acids is 2. The van der Waals surface area contributed by atoms with Gasteiger partial charge in [-0.1, -0.05) is 17.7 Å². The number of nitrogens with zero attached hydrogens (tertiary/aromatic N) is 1. The number of carbonyl (C=O) groups is 2. The van der Waals surface area contributed by atoms with Crippen molar-refractivity contribution in [2.75, 3.05) is 25.7 Å². The highest BCUT2D eigenvalue weighted by molar-refractivity contribution is 6.31. The number of anilines is 1. The molecule has 1 heterocycles. The summed E-state index contributed by atoms with van der Waals surface area (Å²) in [6, 6.07) is 9.39. The molecule has 0 aliphatic carbocycles. The van der Waals surface area contributed by atoms with Crippen molar-refractivity contribution in [3.63, 3.8) is 0 Å². The molecule has 10 heteroatoms. The van der Waals surface area contributed by atoms with Crippen LogP contribution in [0.3, 0.4) is 0 Å². The summed E-state index contributed by atoms with van der Waals surface area (Å²) >= 11 is 6.04. The van der Waals surface area contributed by atoms with Crippen LogP contribution in [0.2, 0.25) is 5.02 Å². The van der Waals surface area contributed by atoms with Gasteiger partial charge in [-0.15, -0.1) is 0 Å². The minimum Gasteiger partial charge on any atom is -0.495 e. The Balaban J connectivity index is 1.66. The summed E-state index contributed by atoms with van der Waals surface area (Å²) in [4.78, 5) is 26.6. The molecule has 1 fully saturated rings. The molecule has 2 aromatic carbocycles. The van der Waals surface area contributed by atoms with Gasteiger partial charge in [-0.3, -0.25) is 9.59 Å². The fourth-order valence-electron chi connectivity index (χ4n) is 3.34. The Morgan fingerprint density at radius 3 is 2.55 bits per heavy atom. The fraction of sp³-hybridized carbons (Fsp3) is 0.333. The van der Waals surface area contributed by atoms with E-state index in [4.69, 9.17) is 21.1 Å². The van der Waals surface area contributed by atoms with E-state index < -0.39 is 12.5 Å². The van der Waals surface area contributed by atoms with E-state index in [-0.39, 0.29) is 42.8 Å². The lowest BCUT2D eigenvalue weighted by Gasteiger charge is -2.20. The van der Waals surface area contributed by atoms with Gasteiger partial charge in [0.05, 0.1) is 25.8 Å². The van der Waals surface area contributed by atoms with Crippen LogP contribution in [-0.2, 0) is 16.1 Å². The van der Waals surface area contributed by atoms with Crippen LogP contribution in [0.1, 0.15) is 12.0 Å². The second kappa shape index (κ2) is 9.82. The first-order chi connectivity index (χ1) is 14.8. The quantitative estimate of drug-likeness (QED) is 0.659.